The quantitative estimate of drug-likeness (QED) is 0.571. The van der Waals surface area contributed by atoms with Crippen molar-refractivity contribution < 1.29 is 14.3 Å². The van der Waals surface area contributed by atoms with Crippen LogP contribution in [-0.2, 0) is 17.6 Å². The van der Waals surface area contributed by atoms with Crippen LogP contribution < -0.4 is 15.4 Å². The Labute approximate surface area is 167 Å². The van der Waals surface area contributed by atoms with E-state index in [4.69, 9.17) is 21.7 Å². The van der Waals surface area contributed by atoms with Gasteiger partial charge in [-0.1, -0.05) is 12.1 Å². The molecule has 0 bridgehead atoms. The normalized spacial score (nSPS) is 12.1. The predicted molar refractivity (Wildman–Crippen MR) is 109 cm³/mol. The first kappa shape index (κ1) is 19.3. The molecule has 0 atom stereocenters. The number of thiophene rings is 1. The average Bonchev–Trinajstić information content (AvgIpc) is 3.22. The van der Waals surface area contributed by atoms with Crippen LogP contribution >= 0.6 is 23.6 Å². The number of carbonyl (C=O) groups is 1. The lowest BCUT2D eigenvalue weighted by Crippen LogP contribution is -2.34. The molecule has 1 aliphatic rings. The lowest BCUT2D eigenvalue weighted by Gasteiger charge is -2.12. The smallest absolute Gasteiger partial charge is 0.261 e. The highest BCUT2D eigenvalue weighted by atomic mass is 32.1. The zero-order valence-corrected chi connectivity index (χ0v) is 16.5. The molecule has 2 aromatic rings. The van der Waals surface area contributed by atoms with Gasteiger partial charge in [0.15, 0.2) is 5.11 Å². The summed E-state index contributed by atoms with van der Waals surface area (Å²) in [6.45, 7) is 0.770. The van der Waals surface area contributed by atoms with Gasteiger partial charge in [0, 0.05) is 12.0 Å². The summed E-state index contributed by atoms with van der Waals surface area (Å²) in [5.74, 6) is 0.0887. The maximum absolute atomic E-state index is 12.6. The number of aryl methyl sites for hydroxylation is 1. The number of hydrogen-bond donors (Lipinski definition) is 2. The van der Waals surface area contributed by atoms with Gasteiger partial charge in [-0.25, -0.2) is 0 Å². The fourth-order valence-corrected chi connectivity index (χ4v) is 4.43. The number of ether oxygens (including phenoxy) is 2. The zero-order valence-electron chi connectivity index (χ0n) is 14.8. The molecule has 2 N–H and O–H groups in total. The molecule has 140 valence electrons. The van der Waals surface area contributed by atoms with Gasteiger partial charge < -0.3 is 14.8 Å². The van der Waals surface area contributed by atoms with Crippen LogP contribution in [0.15, 0.2) is 24.3 Å². The van der Waals surface area contributed by atoms with Crippen LogP contribution in [0.3, 0.4) is 0 Å². The third kappa shape index (κ3) is 4.45. The summed E-state index contributed by atoms with van der Waals surface area (Å²) < 4.78 is 10.5. The van der Waals surface area contributed by atoms with E-state index in [0.717, 1.165) is 24.8 Å². The average molecular weight is 402 g/mol. The highest BCUT2D eigenvalue weighted by molar-refractivity contribution is 7.80. The summed E-state index contributed by atoms with van der Waals surface area (Å²) in [4.78, 5) is 13.8. The Morgan fingerprint density at radius 2 is 2.15 bits per heavy atom. The molecule has 1 heterocycles. The van der Waals surface area contributed by atoms with Gasteiger partial charge in [-0.3, -0.25) is 10.1 Å². The first-order chi connectivity index (χ1) is 13.1. The van der Waals surface area contributed by atoms with E-state index in [0.29, 0.717) is 35.1 Å². The predicted octanol–water partition coefficient (Wildman–Crippen LogP) is 3.26. The number of thiocarbonyl (C=S) groups is 1. The Hall–Kier alpha value is -2.47. The highest BCUT2D eigenvalue weighted by Crippen LogP contribution is 2.38. The molecule has 1 aliphatic carbocycles. The van der Waals surface area contributed by atoms with Gasteiger partial charge in [0.05, 0.1) is 17.7 Å². The number of nitrogens with zero attached hydrogens (tertiary/aromatic N) is 1. The summed E-state index contributed by atoms with van der Waals surface area (Å²) >= 11 is 6.80. The van der Waals surface area contributed by atoms with E-state index < -0.39 is 0 Å². The van der Waals surface area contributed by atoms with Crippen molar-refractivity contribution in [2.45, 2.75) is 19.3 Å². The van der Waals surface area contributed by atoms with Crippen molar-refractivity contribution in [1.82, 2.24) is 5.32 Å². The number of fused-ring (bicyclic) bond motifs is 1. The lowest BCUT2D eigenvalue weighted by molar-refractivity contribution is 0.0970. The molecule has 0 saturated carbocycles. The van der Waals surface area contributed by atoms with Crippen molar-refractivity contribution >= 4 is 39.6 Å². The van der Waals surface area contributed by atoms with Crippen LogP contribution in [0.25, 0.3) is 0 Å². The van der Waals surface area contributed by atoms with Gasteiger partial charge in [-0.15, -0.1) is 11.3 Å². The molecule has 0 saturated heterocycles. The minimum Gasteiger partial charge on any atom is -0.490 e. The van der Waals surface area contributed by atoms with Gasteiger partial charge >= 0.3 is 0 Å². The maximum atomic E-state index is 12.6. The third-order valence-corrected chi connectivity index (χ3v) is 5.58. The number of nitrogens with one attached hydrogen (secondary N) is 2. The fraction of sp³-hybridized carbons (Fsp3) is 0.316. The van der Waals surface area contributed by atoms with Crippen molar-refractivity contribution in [3.05, 3.63) is 45.8 Å². The minimum atomic E-state index is -0.372. The first-order valence-corrected chi connectivity index (χ1v) is 9.74. The monoisotopic (exact) mass is 401 g/mol. The van der Waals surface area contributed by atoms with E-state index in [2.05, 4.69) is 16.7 Å². The number of para-hydroxylation sites is 1. The van der Waals surface area contributed by atoms with E-state index in [9.17, 15) is 10.1 Å². The van der Waals surface area contributed by atoms with Crippen LogP contribution in [0.5, 0.6) is 5.75 Å². The lowest BCUT2D eigenvalue weighted by atomic mass is 10.1. The summed E-state index contributed by atoms with van der Waals surface area (Å²) in [6, 6.07) is 9.19. The van der Waals surface area contributed by atoms with Gasteiger partial charge in [-0.05, 0) is 49.2 Å². The van der Waals surface area contributed by atoms with E-state index in [1.807, 2.05) is 0 Å². The topological polar surface area (TPSA) is 83.4 Å². The Kier molecular flexibility index (Phi) is 6.40. The van der Waals surface area contributed by atoms with E-state index in [-0.39, 0.29) is 11.0 Å². The molecule has 0 unspecified atom stereocenters. The highest BCUT2D eigenvalue weighted by Gasteiger charge is 2.23. The summed E-state index contributed by atoms with van der Waals surface area (Å²) in [5.41, 5.74) is 2.12. The number of nitriles is 1. The van der Waals surface area contributed by atoms with Crippen molar-refractivity contribution in [1.29, 1.82) is 5.26 Å². The molecule has 1 amide bonds. The molecule has 6 nitrogen and oxygen atoms in total. The van der Waals surface area contributed by atoms with Gasteiger partial charge in [0.1, 0.15) is 23.4 Å². The Bertz CT molecular complexity index is 902. The molecule has 1 aromatic heterocycles. The Morgan fingerprint density at radius 3 is 2.93 bits per heavy atom. The molecule has 27 heavy (non-hydrogen) atoms. The molecule has 0 fully saturated rings. The third-order valence-electron chi connectivity index (χ3n) is 4.16. The van der Waals surface area contributed by atoms with Crippen molar-refractivity contribution in [3.8, 4) is 11.8 Å². The number of amides is 1. The number of anilines is 1. The number of hydrogen-bond acceptors (Lipinski definition) is 6. The molecular formula is C19H19N3O3S2. The van der Waals surface area contributed by atoms with Crippen molar-refractivity contribution in [2.24, 2.45) is 0 Å². The first-order valence-electron chi connectivity index (χ1n) is 8.51. The molecule has 1 aromatic carbocycles. The van der Waals surface area contributed by atoms with Crippen LogP contribution in [-0.4, -0.2) is 31.3 Å². The molecule has 8 heteroatoms. The second kappa shape index (κ2) is 8.95. The molecular weight excluding hydrogens is 382 g/mol. The largest absolute Gasteiger partial charge is 0.490 e. The van der Waals surface area contributed by atoms with E-state index in [1.165, 1.54) is 16.2 Å². The van der Waals surface area contributed by atoms with Crippen LogP contribution in [0.1, 0.15) is 32.8 Å². The minimum absolute atomic E-state index is 0.156. The fourth-order valence-electron chi connectivity index (χ4n) is 2.93. The molecule has 0 radical (unpaired) electrons. The molecule has 0 spiro atoms. The van der Waals surface area contributed by atoms with Gasteiger partial charge in [-0.2, -0.15) is 5.26 Å². The number of benzene rings is 1. The second-order valence-electron chi connectivity index (χ2n) is 5.92. The van der Waals surface area contributed by atoms with Gasteiger partial charge in [0.25, 0.3) is 5.91 Å². The van der Waals surface area contributed by atoms with E-state index in [1.54, 1.807) is 31.4 Å². The molecule has 0 aliphatic heterocycles. The van der Waals surface area contributed by atoms with Crippen LogP contribution in [0, 0.1) is 11.3 Å². The number of methoxy groups -OCH3 is 1. The maximum Gasteiger partial charge on any atom is 0.261 e. The SMILES string of the molecule is COCCOc1ccccc1C(=O)NC(=S)Nc1sc2c(c1C#N)CCC2. The summed E-state index contributed by atoms with van der Waals surface area (Å²) in [7, 11) is 1.59. The summed E-state index contributed by atoms with van der Waals surface area (Å²) in [6.07, 6.45) is 2.99. The zero-order chi connectivity index (χ0) is 19.2. The number of rotatable bonds is 6. The van der Waals surface area contributed by atoms with Crippen molar-refractivity contribution in [3.63, 3.8) is 0 Å². The van der Waals surface area contributed by atoms with E-state index >= 15 is 0 Å². The van der Waals surface area contributed by atoms with Crippen molar-refractivity contribution in [2.75, 3.05) is 25.6 Å². The Morgan fingerprint density at radius 1 is 1.33 bits per heavy atom. The second-order valence-corrected chi connectivity index (χ2v) is 7.43. The van der Waals surface area contributed by atoms with Crippen LogP contribution in [0.4, 0.5) is 5.00 Å². The summed E-state index contributed by atoms with van der Waals surface area (Å²) in [5, 5.41) is 15.9. The molecule has 3 rings (SSSR count). The van der Waals surface area contributed by atoms with Crippen LogP contribution in [0.2, 0.25) is 0 Å². The standard InChI is InChI=1S/C19H19N3O3S2/c1-24-9-10-25-15-7-3-2-5-13(15)17(23)21-19(26)22-18-14(11-20)12-6-4-8-16(12)27-18/h2-3,5,7H,4,6,8-10H2,1H3,(H2,21,22,23,26). The van der Waals surface area contributed by atoms with Gasteiger partial charge in [0.2, 0.25) is 0 Å². The number of carbonyl (C=O) groups excluding carboxylic acids is 1. The Balaban J connectivity index is 1.67.